The molecule has 49 heavy (non-hydrogen) atoms. The lowest BCUT2D eigenvalue weighted by atomic mass is 9.13. The highest BCUT2D eigenvalue weighted by atomic mass is 31.2. The van der Waals surface area contributed by atoms with Gasteiger partial charge in [-0.05, 0) is 36.4 Å². The van der Waals surface area contributed by atoms with E-state index in [0.29, 0.717) is 6.35 Å². The van der Waals surface area contributed by atoms with Crippen molar-refractivity contribution in [2.45, 2.75) is 6.92 Å². The molecule has 0 heterocycles. The lowest BCUT2D eigenvalue weighted by Crippen LogP contribution is -2.74. The van der Waals surface area contributed by atoms with Crippen molar-refractivity contribution in [3.63, 3.8) is 0 Å². The summed E-state index contributed by atoms with van der Waals surface area (Å²) < 4.78 is 5.58. The highest BCUT2D eigenvalue weighted by molar-refractivity contribution is 7.95. The zero-order chi connectivity index (χ0) is 33.8. The van der Waals surface area contributed by atoms with Crippen molar-refractivity contribution in [1.82, 2.24) is 0 Å². The van der Waals surface area contributed by atoms with Crippen molar-refractivity contribution in [3.8, 4) is 0 Å². The first-order chi connectivity index (χ1) is 24.2. The summed E-state index contributed by atoms with van der Waals surface area (Å²) in [6, 6.07) is 74.7. The molecule has 0 aliphatic rings. The average molecular weight is 655 g/mol. The second-order valence-electron chi connectivity index (χ2n) is 12.1. The molecule has 0 aromatic heterocycles. The molecule has 0 radical (unpaired) electrons. The summed E-state index contributed by atoms with van der Waals surface area (Å²) in [5, 5.41) is 3.64. The Balaban J connectivity index is 0.000000170. The van der Waals surface area contributed by atoms with Crippen molar-refractivity contribution in [2.75, 3.05) is 6.35 Å². The van der Waals surface area contributed by atoms with Crippen LogP contribution in [0.5, 0.6) is 0 Å². The minimum absolute atomic E-state index is 0.248. The maximum Gasteiger partial charge on any atom is 0.305 e. The van der Waals surface area contributed by atoms with E-state index in [2.05, 4.69) is 158 Å². The maximum atomic E-state index is 11.6. The summed E-state index contributed by atoms with van der Waals surface area (Å²) >= 11 is 0. The standard InChI is InChI=1S/C24H20B.C21H20O2P/c1-5-13-21(14-6-1)25(22-15-7-2-8-16-22,23-17-9-3-10-18-23)24-19-11-4-12-20-24;1-18(22)23-17-24(19-11-5-2-6-12-19,20-13-7-3-8-14-20)21-15-9-4-10-16-21/h1-20H;2-16H,17H2,1H3/q-1;+1. The normalized spacial score (nSPS) is 11.1. The largest absolute Gasteiger partial charge is 0.429 e. The number of hydrogen-bond acceptors (Lipinski definition) is 2. The van der Waals surface area contributed by atoms with Crippen molar-refractivity contribution in [3.05, 3.63) is 212 Å². The number of ether oxygens (including phenoxy) is 1. The Kier molecular flexibility index (Phi) is 11.0. The van der Waals surface area contributed by atoms with Crippen LogP contribution in [0.4, 0.5) is 0 Å². The van der Waals surface area contributed by atoms with Gasteiger partial charge >= 0.3 is 5.97 Å². The molecule has 0 saturated carbocycles. The van der Waals surface area contributed by atoms with Gasteiger partial charge in [-0.1, -0.05) is 176 Å². The van der Waals surface area contributed by atoms with E-state index >= 15 is 0 Å². The summed E-state index contributed by atoms with van der Waals surface area (Å²) in [6.45, 7) is 1.47. The van der Waals surface area contributed by atoms with Crippen molar-refractivity contribution >= 4 is 57.1 Å². The molecule has 0 N–H and O–H groups in total. The summed E-state index contributed by atoms with van der Waals surface area (Å²) in [5.74, 6) is -0.248. The predicted molar refractivity (Wildman–Crippen MR) is 212 cm³/mol. The second-order valence-corrected chi connectivity index (χ2v) is 15.5. The van der Waals surface area contributed by atoms with E-state index in [1.165, 1.54) is 44.7 Å². The fourth-order valence-corrected chi connectivity index (χ4v) is 10.8. The van der Waals surface area contributed by atoms with Gasteiger partial charge in [-0.2, -0.15) is 21.9 Å². The van der Waals surface area contributed by atoms with Gasteiger partial charge in [0.25, 0.3) is 0 Å². The molecule has 7 aromatic rings. The number of esters is 1. The zero-order valence-corrected chi connectivity index (χ0v) is 28.6. The molecular formula is C45H40BO2P. The van der Waals surface area contributed by atoms with Crippen LogP contribution in [-0.2, 0) is 9.53 Å². The molecule has 4 heteroatoms. The molecule has 240 valence electrons. The van der Waals surface area contributed by atoms with E-state index in [-0.39, 0.29) is 5.97 Å². The Hall–Kier alpha value is -5.50. The van der Waals surface area contributed by atoms with Gasteiger partial charge in [0, 0.05) is 6.92 Å². The van der Waals surface area contributed by atoms with Crippen LogP contribution in [0, 0.1) is 0 Å². The molecule has 0 aliphatic heterocycles. The van der Waals surface area contributed by atoms with Gasteiger partial charge in [0.2, 0.25) is 6.35 Å². The van der Waals surface area contributed by atoms with Crippen LogP contribution in [0.15, 0.2) is 212 Å². The van der Waals surface area contributed by atoms with E-state index in [9.17, 15) is 4.79 Å². The molecule has 0 fully saturated rings. The number of benzene rings is 7. The van der Waals surface area contributed by atoms with Crippen molar-refractivity contribution < 1.29 is 9.53 Å². The molecule has 0 atom stereocenters. The third-order valence-corrected chi connectivity index (χ3v) is 13.3. The van der Waals surface area contributed by atoms with Crippen LogP contribution >= 0.6 is 7.26 Å². The highest BCUT2D eigenvalue weighted by Crippen LogP contribution is 2.55. The Morgan fingerprint density at radius 1 is 0.408 bits per heavy atom. The predicted octanol–water partition coefficient (Wildman–Crippen LogP) is 6.57. The van der Waals surface area contributed by atoms with Crippen molar-refractivity contribution in [1.29, 1.82) is 0 Å². The first kappa shape index (κ1) is 33.4. The van der Waals surface area contributed by atoms with E-state index in [1.807, 2.05) is 54.6 Å². The molecule has 2 nitrogen and oxygen atoms in total. The minimum atomic E-state index is -2.05. The Morgan fingerprint density at radius 3 is 0.857 bits per heavy atom. The van der Waals surface area contributed by atoms with Gasteiger partial charge in [0.1, 0.15) is 22.1 Å². The van der Waals surface area contributed by atoms with Crippen LogP contribution in [0.25, 0.3) is 0 Å². The molecule has 0 bridgehead atoms. The molecular weight excluding hydrogens is 614 g/mol. The van der Waals surface area contributed by atoms with Gasteiger partial charge in [0.15, 0.2) is 7.26 Å². The van der Waals surface area contributed by atoms with Gasteiger partial charge in [0.05, 0.1) is 0 Å². The molecule has 0 spiro atoms. The van der Waals surface area contributed by atoms with E-state index in [4.69, 9.17) is 4.74 Å². The fourth-order valence-electron chi connectivity index (χ4n) is 7.03. The summed E-state index contributed by atoms with van der Waals surface area (Å²) in [4.78, 5) is 11.6. The van der Waals surface area contributed by atoms with Crippen LogP contribution < -0.4 is 37.8 Å². The second kappa shape index (κ2) is 16.1. The molecule has 7 aromatic carbocycles. The number of carbonyl (C=O) groups excluding carboxylic acids is 1. The summed E-state index contributed by atoms with van der Waals surface area (Å²) in [6.07, 6.45) is -0.840. The smallest absolute Gasteiger partial charge is 0.305 e. The summed E-state index contributed by atoms with van der Waals surface area (Å²) in [5.41, 5.74) is 5.36. The Bertz CT molecular complexity index is 1750. The van der Waals surface area contributed by atoms with Gasteiger partial charge in [-0.25, -0.2) is 0 Å². The zero-order valence-electron chi connectivity index (χ0n) is 27.8. The highest BCUT2D eigenvalue weighted by Gasteiger charge is 2.46. The van der Waals surface area contributed by atoms with Crippen LogP contribution in [0.1, 0.15) is 6.92 Å². The first-order valence-corrected chi connectivity index (χ1v) is 18.7. The van der Waals surface area contributed by atoms with Crippen molar-refractivity contribution in [2.24, 2.45) is 0 Å². The average Bonchev–Trinajstić information content (AvgIpc) is 3.19. The summed E-state index contributed by atoms with van der Waals surface area (Å²) in [7, 11) is -2.05. The Labute approximate surface area is 291 Å². The third kappa shape index (κ3) is 7.19. The van der Waals surface area contributed by atoms with Crippen LogP contribution in [0.2, 0.25) is 0 Å². The molecule has 0 aliphatic carbocycles. The number of carbonyl (C=O) groups is 1. The lowest BCUT2D eigenvalue weighted by Gasteiger charge is -2.44. The quantitative estimate of drug-likeness (QED) is 0.100. The fraction of sp³-hybridized carbons (Fsp3) is 0.0444. The first-order valence-electron chi connectivity index (χ1n) is 16.7. The van der Waals surface area contributed by atoms with E-state index < -0.39 is 13.4 Å². The van der Waals surface area contributed by atoms with Crippen LogP contribution in [0.3, 0.4) is 0 Å². The van der Waals surface area contributed by atoms with E-state index in [1.54, 1.807) is 0 Å². The topological polar surface area (TPSA) is 26.3 Å². The minimum Gasteiger partial charge on any atom is -0.429 e. The number of hydrogen-bond donors (Lipinski definition) is 0. The molecule has 0 unspecified atom stereocenters. The van der Waals surface area contributed by atoms with Gasteiger partial charge in [-0.3, -0.25) is 4.79 Å². The third-order valence-electron chi connectivity index (χ3n) is 9.25. The molecule has 0 amide bonds. The number of rotatable bonds is 9. The van der Waals surface area contributed by atoms with Gasteiger partial charge in [-0.15, -0.1) is 0 Å². The monoisotopic (exact) mass is 654 g/mol. The molecule has 7 rings (SSSR count). The maximum absolute atomic E-state index is 11.6. The lowest BCUT2D eigenvalue weighted by molar-refractivity contribution is -0.138. The molecule has 0 saturated heterocycles. The Morgan fingerprint density at radius 2 is 0.633 bits per heavy atom. The van der Waals surface area contributed by atoms with E-state index in [0.717, 1.165) is 0 Å². The SMILES string of the molecule is CC(=O)OC[P+](c1ccccc1)(c1ccccc1)c1ccccc1.c1ccc([B-](c2ccccc2)(c2ccccc2)c2ccccc2)cc1. The van der Waals surface area contributed by atoms with Gasteiger partial charge < -0.3 is 4.74 Å². The van der Waals surface area contributed by atoms with Crippen LogP contribution in [-0.4, -0.2) is 18.5 Å².